The van der Waals surface area contributed by atoms with Crippen LogP contribution in [0.15, 0.2) is 6.33 Å². The van der Waals surface area contributed by atoms with Crippen molar-refractivity contribution in [3.63, 3.8) is 0 Å². The summed E-state index contributed by atoms with van der Waals surface area (Å²) in [4.78, 5) is 10.6. The number of fused-ring (bicyclic) bond motifs is 1. The van der Waals surface area contributed by atoms with Gasteiger partial charge in [0.2, 0.25) is 0 Å². The Labute approximate surface area is 109 Å². The zero-order valence-corrected chi connectivity index (χ0v) is 12.4. The molecule has 0 aliphatic rings. The SMILES string of the molecule is CC.Cc1nn(C(C)C)c2ncnc(N(C)C)c12. The molecule has 2 heterocycles. The molecule has 2 aromatic rings. The van der Waals surface area contributed by atoms with Crippen molar-refractivity contribution in [1.82, 2.24) is 19.7 Å². The summed E-state index contributed by atoms with van der Waals surface area (Å²) in [6.45, 7) is 10.2. The number of hydrogen-bond acceptors (Lipinski definition) is 4. The summed E-state index contributed by atoms with van der Waals surface area (Å²) in [6.07, 6.45) is 1.59. The van der Waals surface area contributed by atoms with Crippen LogP contribution >= 0.6 is 0 Å². The van der Waals surface area contributed by atoms with E-state index in [1.165, 1.54) is 0 Å². The lowest BCUT2D eigenvalue weighted by Gasteiger charge is -2.12. The number of aromatic nitrogens is 4. The first kappa shape index (κ1) is 14.4. The Bertz CT molecular complexity index is 513. The van der Waals surface area contributed by atoms with Crippen LogP contribution in [0.3, 0.4) is 0 Å². The second-order valence-electron chi connectivity index (χ2n) is 4.41. The Hall–Kier alpha value is -1.65. The maximum Gasteiger partial charge on any atom is 0.163 e. The van der Waals surface area contributed by atoms with Crippen molar-refractivity contribution >= 4 is 16.9 Å². The van der Waals surface area contributed by atoms with Gasteiger partial charge in [-0.2, -0.15) is 5.10 Å². The molecule has 2 aromatic heterocycles. The molecular weight excluding hydrogens is 226 g/mol. The summed E-state index contributed by atoms with van der Waals surface area (Å²) in [7, 11) is 3.96. The first-order valence-corrected chi connectivity index (χ1v) is 6.39. The van der Waals surface area contributed by atoms with E-state index < -0.39 is 0 Å². The Morgan fingerprint density at radius 2 is 1.78 bits per heavy atom. The summed E-state index contributed by atoms with van der Waals surface area (Å²) >= 11 is 0. The molecule has 0 atom stereocenters. The molecule has 0 aliphatic heterocycles. The zero-order valence-electron chi connectivity index (χ0n) is 12.4. The van der Waals surface area contributed by atoms with Gasteiger partial charge < -0.3 is 4.90 Å². The van der Waals surface area contributed by atoms with E-state index in [0.29, 0.717) is 6.04 Å². The third-order valence-electron chi connectivity index (χ3n) is 2.56. The highest BCUT2D eigenvalue weighted by molar-refractivity contribution is 5.89. The number of nitrogens with zero attached hydrogens (tertiary/aromatic N) is 5. The predicted octanol–water partition coefficient (Wildman–Crippen LogP) is 2.81. The molecule has 0 N–H and O–H groups in total. The van der Waals surface area contributed by atoms with Crippen molar-refractivity contribution in [1.29, 1.82) is 0 Å². The van der Waals surface area contributed by atoms with E-state index in [0.717, 1.165) is 22.5 Å². The van der Waals surface area contributed by atoms with Crippen LogP contribution < -0.4 is 4.90 Å². The van der Waals surface area contributed by atoms with Gasteiger partial charge in [-0.15, -0.1) is 0 Å². The first-order valence-electron chi connectivity index (χ1n) is 6.39. The van der Waals surface area contributed by atoms with Gasteiger partial charge in [0, 0.05) is 20.1 Å². The average molecular weight is 249 g/mol. The minimum Gasteiger partial charge on any atom is -0.362 e. The maximum atomic E-state index is 4.52. The quantitative estimate of drug-likeness (QED) is 0.821. The van der Waals surface area contributed by atoms with E-state index in [1.807, 2.05) is 44.4 Å². The van der Waals surface area contributed by atoms with Crippen LogP contribution in [0, 0.1) is 6.92 Å². The van der Waals surface area contributed by atoms with Gasteiger partial charge in [-0.25, -0.2) is 14.6 Å². The molecular formula is C13H23N5. The Balaban J connectivity index is 0.000000771. The molecule has 5 heteroatoms. The average Bonchev–Trinajstić information content (AvgIpc) is 2.69. The normalized spacial score (nSPS) is 10.4. The second-order valence-corrected chi connectivity index (χ2v) is 4.41. The standard InChI is InChI=1S/C11H17N5.C2H6/c1-7(2)16-11-9(8(3)14-16)10(15(4)5)12-6-13-11;1-2/h6-7H,1-5H3;1-2H3. The molecule has 100 valence electrons. The number of aryl methyl sites for hydroxylation is 1. The topological polar surface area (TPSA) is 46.8 Å². The van der Waals surface area contributed by atoms with Crippen molar-refractivity contribution < 1.29 is 0 Å². The smallest absolute Gasteiger partial charge is 0.163 e. The monoisotopic (exact) mass is 249 g/mol. The zero-order chi connectivity index (χ0) is 13.9. The van der Waals surface area contributed by atoms with E-state index in [9.17, 15) is 0 Å². The minimum atomic E-state index is 0.307. The summed E-state index contributed by atoms with van der Waals surface area (Å²) in [6, 6.07) is 0.307. The molecule has 0 aliphatic carbocycles. The third-order valence-corrected chi connectivity index (χ3v) is 2.56. The van der Waals surface area contributed by atoms with Gasteiger partial charge in [-0.05, 0) is 20.8 Å². The van der Waals surface area contributed by atoms with Crippen molar-refractivity contribution in [2.75, 3.05) is 19.0 Å². The van der Waals surface area contributed by atoms with E-state index in [-0.39, 0.29) is 0 Å². The largest absolute Gasteiger partial charge is 0.362 e. The highest BCUT2D eigenvalue weighted by atomic mass is 15.3. The fourth-order valence-corrected chi connectivity index (χ4v) is 1.82. The molecule has 0 bridgehead atoms. The Kier molecular flexibility index (Phi) is 4.64. The van der Waals surface area contributed by atoms with Crippen LogP contribution in [0.1, 0.15) is 39.4 Å². The molecule has 0 saturated heterocycles. The number of anilines is 1. The van der Waals surface area contributed by atoms with E-state index in [1.54, 1.807) is 6.33 Å². The van der Waals surface area contributed by atoms with Crippen molar-refractivity contribution in [2.24, 2.45) is 0 Å². The lowest BCUT2D eigenvalue weighted by molar-refractivity contribution is 0.542. The van der Waals surface area contributed by atoms with Gasteiger partial charge in [-0.1, -0.05) is 13.8 Å². The maximum absolute atomic E-state index is 4.52. The van der Waals surface area contributed by atoms with Gasteiger partial charge >= 0.3 is 0 Å². The van der Waals surface area contributed by atoms with Crippen LogP contribution in [0.2, 0.25) is 0 Å². The molecule has 0 amide bonds. The lowest BCUT2D eigenvalue weighted by atomic mass is 10.3. The predicted molar refractivity (Wildman–Crippen MR) is 76.1 cm³/mol. The Morgan fingerprint density at radius 3 is 2.28 bits per heavy atom. The van der Waals surface area contributed by atoms with Gasteiger partial charge in [0.1, 0.15) is 12.1 Å². The molecule has 0 fully saturated rings. The first-order chi connectivity index (χ1) is 8.52. The van der Waals surface area contributed by atoms with Crippen molar-refractivity contribution in [3.8, 4) is 0 Å². The summed E-state index contributed by atoms with van der Waals surface area (Å²) in [5.74, 6) is 0.925. The molecule has 5 nitrogen and oxygen atoms in total. The summed E-state index contributed by atoms with van der Waals surface area (Å²) < 4.78 is 1.94. The van der Waals surface area contributed by atoms with E-state index >= 15 is 0 Å². The molecule has 0 spiro atoms. The third kappa shape index (κ3) is 2.44. The van der Waals surface area contributed by atoms with Crippen LogP contribution in [0.4, 0.5) is 5.82 Å². The number of rotatable bonds is 2. The van der Waals surface area contributed by atoms with Crippen LogP contribution in [-0.4, -0.2) is 33.8 Å². The van der Waals surface area contributed by atoms with Gasteiger partial charge in [0.25, 0.3) is 0 Å². The van der Waals surface area contributed by atoms with Gasteiger partial charge in [-0.3, -0.25) is 0 Å². The Morgan fingerprint density at radius 1 is 1.17 bits per heavy atom. The number of hydrogen-bond donors (Lipinski definition) is 0. The second kappa shape index (κ2) is 5.80. The molecule has 2 rings (SSSR count). The van der Waals surface area contributed by atoms with Crippen molar-refractivity contribution in [2.45, 2.75) is 40.7 Å². The van der Waals surface area contributed by atoms with Crippen LogP contribution in [0.5, 0.6) is 0 Å². The highest BCUT2D eigenvalue weighted by Crippen LogP contribution is 2.26. The summed E-state index contributed by atoms with van der Waals surface area (Å²) in [5.41, 5.74) is 1.89. The minimum absolute atomic E-state index is 0.307. The molecule has 18 heavy (non-hydrogen) atoms. The fourth-order valence-electron chi connectivity index (χ4n) is 1.82. The van der Waals surface area contributed by atoms with Crippen LogP contribution in [-0.2, 0) is 0 Å². The molecule has 0 unspecified atom stereocenters. The summed E-state index contributed by atoms with van der Waals surface area (Å²) in [5, 5.41) is 5.56. The lowest BCUT2D eigenvalue weighted by Crippen LogP contribution is -2.11. The van der Waals surface area contributed by atoms with Crippen LogP contribution in [0.25, 0.3) is 11.0 Å². The highest BCUT2D eigenvalue weighted by Gasteiger charge is 2.16. The van der Waals surface area contributed by atoms with E-state index in [2.05, 4.69) is 28.9 Å². The molecule has 0 saturated carbocycles. The van der Waals surface area contributed by atoms with Gasteiger partial charge in [0.05, 0.1) is 11.1 Å². The van der Waals surface area contributed by atoms with Crippen molar-refractivity contribution in [3.05, 3.63) is 12.0 Å². The fraction of sp³-hybridized carbons (Fsp3) is 0.615. The van der Waals surface area contributed by atoms with E-state index in [4.69, 9.17) is 0 Å². The van der Waals surface area contributed by atoms with Gasteiger partial charge in [0.15, 0.2) is 5.65 Å². The molecule has 0 aromatic carbocycles. The molecule has 0 radical (unpaired) electrons.